The Bertz CT molecular complexity index is 887. The lowest BCUT2D eigenvalue weighted by molar-refractivity contribution is -0.130. The molecule has 5 nitrogen and oxygen atoms in total. The Morgan fingerprint density at radius 1 is 1.17 bits per heavy atom. The molecular formula is C25H29N3O2. The number of pyridine rings is 1. The summed E-state index contributed by atoms with van der Waals surface area (Å²) in [5, 5.41) is 0. The van der Waals surface area contributed by atoms with Crippen molar-refractivity contribution in [2.24, 2.45) is 5.92 Å². The maximum atomic E-state index is 12.5. The Kier molecular flexibility index (Phi) is 8.02. The summed E-state index contributed by atoms with van der Waals surface area (Å²) in [5.41, 5.74) is 1.84. The summed E-state index contributed by atoms with van der Waals surface area (Å²) < 4.78 is 0. The number of nitrogens with zero attached hydrogens (tertiary/aromatic N) is 3. The zero-order chi connectivity index (χ0) is 21.2. The molecule has 0 N–H and O–H groups in total. The van der Waals surface area contributed by atoms with Gasteiger partial charge in [0, 0.05) is 62.9 Å². The molecule has 2 aromatic rings. The minimum atomic E-state index is -0.123. The number of amides is 2. The third kappa shape index (κ3) is 6.73. The van der Waals surface area contributed by atoms with Crippen molar-refractivity contribution >= 4 is 11.8 Å². The van der Waals surface area contributed by atoms with Gasteiger partial charge in [0.1, 0.15) is 0 Å². The van der Waals surface area contributed by atoms with Crippen LogP contribution in [0.5, 0.6) is 0 Å². The molecule has 1 aromatic carbocycles. The van der Waals surface area contributed by atoms with Crippen LogP contribution in [-0.4, -0.2) is 53.3 Å². The highest BCUT2D eigenvalue weighted by Crippen LogP contribution is 2.21. The first-order valence-electron chi connectivity index (χ1n) is 10.6. The van der Waals surface area contributed by atoms with Gasteiger partial charge in [-0.3, -0.25) is 14.6 Å². The smallest absolute Gasteiger partial charge is 0.298 e. The number of likely N-dealkylation sites (N-methyl/N-ethyl adjacent to an activating group) is 1. The van der Waals surface area contributed by atoms with Crippen LogP contribution >= 0.6 is 0 Å². The van der Waals surface area contributed by atoms with E-state index in [0.717, 1.165) is 43.5 Å². The van der Waals surface area contributed by atoms with Gasteiger partial charge in [-0.2, -0.15) is 0 Å². The third-order valence-electron chi connectivity index (χ3n) is 5.52. The summed E-state index contributed by atoms with van der Waals surface area (Å²) in [6, 6.07) is 15.4. The number of rotatable bonds is 6. The van der Waals surface area contributed by atoms with Gasteiger partial charge in [-0.15, -0.1) is 0 Å². The largest absolute Gasteiger partial charge is 0.345 e. The number of aromatic nitrogens is 1. The predicted molar refractivity (Wildman–Crippen MR) is 117 cm³/mol. The van der Waals surface area contributed by atoms with Crippen LogP contribution in [0.2, 0.25) is 0 Å². The van der Waals surface area contributed by atoms with Gasteiger partial charge in [-0.05, 0) is 49.4 Å². The van der Waals surface area contributed by atoms with Crippen molar-refractivity contribution in [2.45, 2.75) is 32.1 Å². The monoisotopic (exact) mass is 403 g/mol. The Morgan fingerprint density at radius 2 is 1.97 bits per heavy atom. The van der Waals surface area contributed by atoms with Crippen molar-refractivity contribution in [1.29, 1.82) is 0 Å². The van der Waals surface area contributed by atoms with Crippen LogP contribution in [0.15, 0.2) is 54.7 Å². The molecule has 1 saturated heterocycles. The van der Waals surface area contributed by atoms with Gasteiger partial charge in [-0.25, -0.2) is 0 Å². The van der Waals surface area contributed by atoms with Gasteiger partial charge in [-0.1, -0.05) is 30.2 Å². The minimum absolute atomic E-state index is 0.123. The summed E-state index contributed by atoms with van der Waals surface area (Å²) in [4.78, 5) is 32.9. The van der Waals surface area contributed by atoms with E-state index < -0.39 is 0 Å². The van der Waals surface area contributed by atoms with Crippen molar-refractivity contribution in [1.82, 2.24) is 14.8 Å². The van der Waals surface area contributed by atoms with E-state index in [0.29, 0.717) is 25.4 Å². The highest BCUT2D eigenvalue weighted by Gasteiger charge is 2.23. The predicted octanol–water partition coefficient (Wildman–Crippen LogP) is 3.15. The molecule has 0 unspecified atom stereocenters. The Morgan fingerprint density at radius 3 is 2.73 bits per heavy atom. The van der Waals surface area contributed by atoms with Crippen molar-refractivity contribution in [3.63, 3.8) is 0 Å². The highest BCUT2D eigenvalue weighted by molar-refractivity contribution is 5.94. The molecule has 0 radical (unpaired) electrons. The van der Waals surface area contributed by atoms with Gasteiger partial charge in [0.05, 0.1) is 0 Å². The van der Waals surface area contributed by atoms with E-state index >= 15 is 0 Å². The highest BCUT2D eigenvalue weighted by atomic mass is 16.2. The Balaban J connectivity index is 1.42. The molecule has 30 heavy (non-hydrogen) atoms. The van der Waals surface area contributed by atoms with Crippen molar-refractivity contribution in [2.75, 3.05) is 26.7 Å². The summed E-state index contributed by atoms with van der Waals surface area (Å²) in [6.45, 7) is 2.10. The minimum Gasteiger partial charge on any atom is -0.345 e. The molecule has 0 spiro atoms. The van der Waals surface area contributed by atoms with Gasteiger partial charge in [0.25, 0.3) is 5.91 Å². The average molecular weight is 404 g/mol. The fraction of sp³-hybridized carbons (Fsp3) is 0.400. The normalized spacial score (nSPS) is 15.8. The van der Waals surface area contributed by atoms with E-state index in [-0.39, 0.29) is 11.8 Å². The van der Waals surface area contributed by atoms with Crippen LogP contribution in [0.3, 0.4) is 0 Å². The van der Waals surface area contributed by atoms with Crippen molar-refractivity contribution in [3.8, 4) is 11.8 Å². The zero-order valence-electron chi connectivity index (χ0n) is 17.6. The zero-order valence-corrected chi connectivity index (χ0v) is 17.6. The molecule has 156 valence electrons. The van der Waals surface area contributed by atoms with E-state index in [1.54, 1.807) is 11.1 Å². The van der Waals surface area contributed by atoms with Crippen LogP contribution in [0.1, 0.15) is 36.9 Å². The Labute approximate surface area is 179 Å². The van der Waals surface area contributed by atoms with Gasteiger partial charge in [0.15, 0.2) is 0 Å². The van der Waals surface area contributed by atoms with Crippen LogP contribution in [-0.2, 0) is 16.0 Å². The van der Waals surface area contributed by atoms with E-state index in [1.165, 1.54) is 0 Å². The fourth-order valence-corrected chi connectivity index (χ4v) is 3.68. The molecule has 1 atom stereocenters. The molecule has 3 rings (SSSR count). The quantitative estimate of drug-likeness (QED) is 0.697. The maximum Gasteiger partial charge on any atom is 0.298 e. The SMILES string of the molecule is CN(CCc1ccccn1)C(=O)CC[C@H]1CCCN(C(=O)C#Cc2ccccc2)C1. The molecule has 2 heterocycles. The van der Waals surface area contributed by atoms with Crippen LogP contribution in [0.4, 0.5) is 0 Å². The van der Waals surface area contributed by atoms with Gasteiger partial charge >= 0.3 is 0 Å². The molecule has 1 aromatic heterocycles. The molecule has 5 heteroatoms. The van der Waals surface area contributed by atoms with E-state index in [9.17, 15) is 9.59 Å². The van der Waals surface area contributed by atoms with Gasteiger partial charge in [0.2, 0.25) is 5.91 Å². The topological polar surface area (TPSA) is 53.5 Å². The number of likely N-dealkylation sites (tertiary alicyclic amines) is 1. The first-order chi connectivity index (χ1) is 14.6. The number of hydrogen-bond acceptors (Lipinski definition) is 3. The summed E-state index contributed by atoms with van der Waals surface area (Å²) >= 11 is 0. The Hall–Kier alpha value is -3.13. The summed E-state index contributed by atoms with van der Waals surface area (Å²) in [5.74, 6) is 6.09. The molecule has 0 aliphatic carbocycles. The van der Waals surface area contributed by atoms with Crippen molar-refractivity contribution < 1.29 is 9.59 Å². The number of carbonyl (C=O) groups is 2. The summed E-state index contributed by atoms with van der Waals surface area (Å²) in [7, 11) is 1.85. The lowest BCUT2D eigenvalue weighted by Gasteiger charge is -2.31. The molecule has 1 aliphatic rings. The second kappa shape index (κ2) is 11.2. The molecule has 1 aliphatic heterocycles. The lowest BCUT2D eigenvalue weighted by atomic mass is 9.93. The number of carbonyl (C=O) groups excluding carboxylic acids is 2. The van der Waals surface area contributed by atoms with E-state index in [1.807, 2.05) is 60.5 Å². The number of hydrogen-bond donors (Lipinski definition) is 0. The maximum absolute atomic E-state index is 12.5. The lowest BCUT2D eigenvalue weighted by Crippen LogP contribution is -2.39. The van der Waals surface area contributed by atoms with Crippen LogP contribution < -0.4 is 0 Å². The number of benzene rings is 1. The first-order valence-corrected chi connectivity index (χ1v) is 10.6. The van der Waals surface area contributed by atoms with Crippen LogP contribution in [0, 0.1) is 17.8 Å². The first kappa shape index (κ1) is 21.6. The second-order valence-electron chi connectivity index (χ2n) is 7.80. The number of piperidine rings is 1. The standard InChI is InChI=1S/C25H29N3O2/c1-27(19-16-23-11-5-6-17-26-23)24(29)14-13-22-10-7-18-28(20-22)25(30)15-12-21-8-3-2-4-9-21/h2-6,8-9,11,17,22H,7,10,13-14,16,18-20H2,1H3/t22-/m1/s1. The average Bonchev–Trinajstić information content (AvgIpc) is 2.81. The van der Waals surface area contributed by atoms with Crippen LogP contribution in [0.25, 0.3) is 0 Å². The molecule has 0 bridgehead atoms. The molecule has 1 fully saturated rings. The fourth-order valence-electron chi connectivity index (χ4n) is 3.68. The molecular weight excluding hydrogens is 374 g/mol. The molecule has 2 amide bonds. The van der Waals surface area contributed by atoms with E-state index in [4.69, 9.17) is 0 Å². The summed E-state index contributed by atoms with van der Waals surface area (Å²) in [6.07, 6.45) is 5.88. The van der Waals surface area contributed by atoms with Crippen molar-refractivity contribution in [3.05, 3.63) is 66.0 Å². The second-order valence-corrected chi connectivity index (χ2v) is 7.80. The van der Waals surface area contributed by atoms with E-state index in [2.05, 4.69) is 16.8 Å². The molecule has 0 saturated carbocycles. The third-order valence-corrected chi connectivity index (χ3v) is 5.52. The van der Waals surface area contributed by atoms with Gasteiger partial charge < -0.3 is 9.80 Å².